The van der Waals surface area contributed by atoms with Gasteiger partial charge in [-0.3, -0.25) is 9.59 Å². The van der Waals surface area contributed by atoms with E-state index in [4.69, 9.17) is 0 Å². The molecule has 0 N–H and O–H groups in total. The van der Waals surface area contributed by atoms with Gasteiger partial charge >= 0.3 is 0 Å². The number of hydrogen-bond donors (Lipinski definition) is 0. The SMILES string of the molecule is CC1=CC(=O)C2CCC(C(=O)C1)C2(C)C. The molecule has 2 rings (SSSR count). The molecule has 2 aliphatic carbocycles. The Morgan fingerprint density at radius 1 is 1.20 bits per heavy atom. The van der Waals surface area contributed by atoms with Gasteiger partial charge in [-0.25, -0.2) is 0 Å². The summed E-state index contributed by atoms with van der Waals surface area (Å²) in [5, 5.41) is 0. The lowest BCUT2D eigenvalue weighted by Crippen LogP contribution is -2.35. The topological polar surface area (TPSA) is 34.1 Å². The normalized spacial score (nSPS) is 34.7. The van der Waals surface area contributed by atoms with Gasteiger partial charge in [-0.2, -0.15) is 0 Å². The molecule has 15 heavy (non-hydrogen) atoms. The van der Waals surface area contributed by atoms with Crippen molar-refractivity contribution in [2.45, 2.75) is 40.0 Å². The summed E-state index contributed by atoms with van der Waals surface area (Å²) >= 11 is 0. The second-order valence-corrected chi connectivity index (χ2v) is 5.54. The van der Waals surface area contributed by atoms with Crippen LogP contribution in [-0.4, -0.2) is 11.6 Å². The molecule has 1 saturated carbocycles. The zero-order chi connectivity index (χ0) is 11.2. The number of Topliss-reactive ketones (excluding diaryl/α,β-unsaturated/α-hetero) is 1. The molecule has 0 aliphatic heterocycles. The highest BCUT2D eigenvalue weighted by Gasteiger charge is 2.49. The number of allylic oxidation sites excluding steroid dienone is 2. The predicted octanol–water partition coefficient (Wildman–Crippen LogP) is 2.53. The van der Waals surface area contributed by atoms with Gasteiger partial charge in [0.25, 0.3) is 0 Å². The first-order chi connectivity index (χ1) is 6.93. The molecular weight excluding hydrogens is 188 g/mol. The second-order valence-electron chi connectivity index (χ2n) is 5.54. The van der Waals surface area contributed by atoms with Crippen LogP contribution in [-0.2, 0) is 9.59 Å². The maximum atomic E-state index is 12.0. The Morgan fingerprint density at radius 2 is 1.80 bits per heavy atom. The number of carbonyl (C=O) groups excluding carboxylic acids is 2. The molecular formula is C13H18O2. The first-order valence-corrected chi connectivity index (χ1v) is 5.66. The molecule has 2 nitrogen and oxygen atoms in total. The van der Waals surface area contributed by atoms with Crippen molar-refractivity contribution < 1.29 is 9.59 Å². The van der Waals surface area contributed by atoms with E-state index in [0.717, 1.165) is 18.4 Å². The molecule has 2 atom stereocenters. The van der Waals surface area contributed by atoms with E-state index in [1.807, 2.05) is 6.92 Å². The molecule has 0 amide bonds. The Hall–Kier alpha value is -0.920. The summed E-state index contributed by atoms with van der Waals surface area (Å²) in [7, 11) is 0. The Labute approximate surface area is 90.7 Å². The van der Waals surface area contributed by atoms with Gasteiger partial charge in [-0.05, 0) is 31.3 Å². The predicted molar refractivity (Wildman–Crippen MR) is 58.4 cm³/mol. The average Bonchev–Trinajstić information content (AvgIpc) is 2.40. The summed E-state index contributed by atoms with van der Waals surface area (Å²) in [5.74, 6) is 0.702. The average molecular weight is 206 g/mol. The quantitative estimate of drug-likeness (QED) is 0.610. The fourth-order valence-electron chi connectivity index (χ4n) is 3.20. The van der Waals surface area contributed by atoms with Crippen molar-refractivity contribution in [2.75, 3.05) is 0 Å². The summed E-state index contributed by atoms with van der Waals surface area (Å²) in [5.41, 5.74) is 0.795. The smallest absolute Gasteiger partial charge is 0.159 e. The highest BCUT2D eigenvalue weighted by atomic mass is 16.1. The minimum absolute atomic E-state index is 0.0571. The zero-order valence-corrected chi connectivity index (χ0v) is 9.67. The van der Waals surface area contributed by atoms with Crippen LogP contribution in [0.4, 0.5) is 0 Å². The van der Waals surface area contributed by atoms with E-state index in [0.29, 0.717) is 12.2 Å². The van der Waals surface area contributed by atoms with Crippen molar-refractivity contribution in [3.63, 3.8) is 0 Å². The Balaban J connectivity index is 2.45. The van der Waals surface area contributed by atoms with Gasteiger partial charge in [-0.15, -0.1) is 0 Å². The molecule has 2 aliphatic rings. The number of ketones is 2. The monoisotopic (exact) mass is 206 g/mol. The van der Waals surface area contributed by atoms with E-state index >= 15 is 0 Å². The standard InChI is InChI=1S/C13H18O2/c1-8-6-11(14)9-4-5-10(12(15)7-8)13(9,2)3/h6,9-10H,4-5,7H2,1-3H3. The Bertz CT molecular complexity index is 350. The fraction of sp³-hybridized carbons (Fsp3) is 0.692. The molecule has 0 aromatic carbocycles. The maximum absolute atomic E-state index is 12.0. The molecule has 0 saturated heterocycles. The van der Waals surface area contributed by atoms with Gasteiger partial charge in [-0.1, -0.05) is 19.4 Å². The first kappa shape index (κ1) is 10.6. The minimum atomic E-state index is -0.134. The molecule has 0 aromatic heterocycles. The number of carbonyl (C=O) groups is 2. The molecule has 0 aromatic rings. The van der Waals surface area contributed by atoms with Crippen LogP contribution >= 0.6 is 0 Å². The molecule has 0 radical (unpaired) electrons. The number of hydrogen-bond acceptors (Lipinski definition) is 2. The van der Waals surface area contributed by atoms with Crippen molar-refractivity contribution in [3.8, 4) is 0 Å². The molecule has 0 spiro atoms. The van der Waals surface area contributed by atoms with Crippen LogP contribution in [0.5, 0.6) is 0 Å². The third-order valence-corrected chi connectivity index (χ3v) is 4.11. The van der Waals surface area contributed by atoms with Crippen LogP contribution in [0.25, 0.3) is 0 Å². The molecule has 1 fully saturated rings. The van der Waals surface area contributed by atoms with E-state index in [-0.39, 0.29) is 23.0 Å². The number of rotatable bonds is 0. The van der Waals surface area contributed by atoms with Gasteiger partial charge in [0.2, 0.25) is 0 Å². The van der Waals surface area contributed by atoms with Crippen molar-refractivity contribution in [2.24, 2.45) is 17.3 Å². The number of fused-ring (bicyclic) bond motifs is 2. The Kier molecular flexibility index (Phi) is 2.32. The molecule has 0 heterocycles. The highest BCUT2D eigenvalue weighted by molar-refractivity contribution is 5.97. The van der Waals surface area contributed by atoms with Crippen molar-refractivity contribution >= 4 is 11.6 Å². The molecule has 82 valence electrons. The zero-order valence-electron chi connectivity index (χ0n) is 9.67. The lowest BCUT2D eigenvalue weighted by atomic mass is 9.70. The third-order valence-electron chi connectivity index (χ3n) is 4.11. The van der Waals surface area contributed by atoms with Crippen LogP contribution in [0.1, 0.15) is 40.0 Å². The maximum Gasteiger partial charge on any atom is 0.159 e. The van der Waals surface area contributed by atoms with E-state index < -0.39 is 0 Å². The second kappa shape index (κ2) is 3.29. The lowest BCUT2D eigenvalue weighted by Gasteiger charge is -2.32. The van der Waals surface area contributed by atoms with Crippen LogP contribution in [0.2, 0.25) is 0 Å². The van der Waals surface area contributed by atoms with Crippen LogP contribution in [0.3, 0.4) is 0 Å². The van der Waals surface area contributed by atoms with E-state index in [9.17, 15) is 9.59 Å². The molecule has 2 unspecified atom stereocenters. The van der Waals surface area contributed by atoms with Crippen molar-refractivity contribution in [3.05, 3.63) is 11.6 Å². The van der Waals surface area contributed by atoms with Crippen LogP contribution in [0.15, 0.2) is 11.6 Å². The van der Waals surface area contributed by atoms with E-state index in [2.05, 4.69) is 13.8 Å². The van der Waals surface area contributed by atoms with E-state index in [1.165, 1.54) is 0 Å². The molecule has 2 bridgehead atoms. The minimum Gasteiger partial charge on any atom is -0.299 e. The van der Waals surface area contributed by atoms with Crippen LogP contribution in [0, 0.1) is 17.3 Å². The van der Waals surface area contributed by atoms with Crippen molar-refractivity contribution in [1.82, 2.24) is 0 Å². The van der Waals surface area contributed by atoms with Gasteiger partial charge in [0, 0.05) is 18.3 Å². The highest BCUT2D eigenvalue weighted by Crippen LogP contribution is 2.49. The molecule has 2 heteroatoms. The lowest BCUT2D eigenvalue weighted by molar-refractivity contribution is -0.128. The summed E-state index contributed by atoms with van der Waals surface area (Å²) in [4.78, 5) is 24.0. The van der Waals surface area contributed by atoms with Crippen molar-refractivity contribution in [1.29, 1.82) is 0 Å². The summed E-state index contributed by atoms with van der Waals surface area (Å²) in [6, 6.07) is 0. The third kappa shape index (κ3) is 1.56. The largest absolute Gasteiger partial charge is 0.299 e. The summed E-state index contributed by atoms with van der Waals surface area (Å²) in [6.45, 7) is 6.02. The fourth-order valence-corrected chi connectivity index (χ4v) is 3.20. The van der Waals surface area contributed by atoms with Gasteiger partial charge in [0.15, 0.2) is 5.78 Å². The van der Waals surface area contributed by atoms with Crippen LogP contribution < -0.4 is 0 Å². The van der Waals surface area contributed by atoms with Gasteiger partial charge in [0.05, 0.1) is 0 Å². The van der Waals surface area contributed by atoms with Gasteiger partial charge in [0.1, 0.15) is 5.78 Å². The Morgan fingerprint density at radius 3 is 2.47 bits per heavy atom. The summed E-state index contributed by atoms with van der Waals surface area (Å²) < 4.78 is 0. The first-order valence-electron chi connectivity index (χ1n) is 5.66. The van der Waals surface area contributed by atoms with E-state index in [1.54, 1.807) is 6.08 Å². The van der Waals surface area contributed by atoms with Gasteiger partial charge < -0.3 is 0 Å². The summed E-state index contributed by atoms with van der Waals surface area (Å²) in [6.07, 6.45) is 3.92.